The van der Waals surface area contributed by atoms with Gasteiger partial charge in [-0.1, -0.05) is 17.7 Å². The molecular weight excluding hydrogens is 298 g/mol. The van der Waals surface area contributed by atoms with Gasteiger partial charge in [0.25, 0.3) is 0 Å². The second-order valence-corrected chi connectivity index (χ2v) is 5.98. The van der Waals surface area contributed by atoms with Crippen molar-refractivity contribution in [2.45, 2.75) is 25.9 Å². The number of nitrogens with zero attached hydrogens (tertiary/aromatic N) is 1. The lowest BCUT2D eigenvalue weighted by Gasteiger charge is -2.21. The van der Waals surface area contributed by atoms with Crippen LogP contribution in [0.15, 0.2) is 24.3 Å². The van der Waals surface area contributed by atoms with Crippen LogP contribution in [0.2, 0.25) is 0 Å². The molecule has 0 saturated carbocycles. The van der Waals surface area contributed by atoms with E-state index in [-0.39, 0.29) is 18.6 Å². The molecule has 120 valence electrons. The lowest BCUT2D eigenvalue weighted by Crippen LogP contribution is -2.43. The zero-order valence-corrected chi connectivity index (χ0v) is 13.9. The molecule has 1 unspecified atom stereocenters. The Morgan fingerprint density at radius 1 is 1.41 bits per heavy atom. The van der Waals surface area contributed by atoms with Crippen molar-refractivity contribution < 1.29 is 9.53 Å². The smallest absolute Gasteiger partial charge is 0.243 e. The molecule has 2 N–H and O–H groups in total. The van der Waals surface area contributed by atoms with Gasteiger partial charge in [0.2, 0.25) is 5.91 Å². The van der Waals surface area contributed by atoms with Gasteiger partial charge in [-0.2, -0.15) is 0 Å². The van der Waals surface area contributed by atoms with Crippen molar-refractivity contribution in [2.75, 3.05) is 32.1 Å². The van der Waals surface area contributed by atoms with Gasteiger partial charge in [0.1, 0.15) is 0 Å². The summed E-state index contributed by atoms with van der Waals surface area (Å²) in [7, 11) is 1.81. The fourth-order valence-electron chi connectivity index (χ4n) is 2.27. The number of carbonyl (C=O) groups is 1. The lowest BCUT2D eigenvalue weighted by molar-refractivity contribution is -0.116. The van der Waals surface area contributed by atoms with Gasteiger partial charge in [0.15, 0.2) is 5.11 Å². The van der Waals surface area contributed by atoms with Crippen LogP contribution >= 0.6 is 12.2 Å². The molecule has 1 aliphatic rings. The number of hydrogen-bond acceptors (Lipinski definition) is 3. The molecule has 0 aliphatic carbocycles. The monoisotopic (exact) mass is 321 g/mol. The van der Waals surface area contributed by atoms with E-state index in [4.69, 9.17) is 17.0 Å². The van der Waals surface area contributed by atoms with Crippen molar-refractivity contribution in [3.63, 3.8) is 0 Å². The average molecular weight is 321 g/mol. The average Bonchev–Trinajstić information content (AvgIpc) is 3.00. The highest BCUT2D eigenvalue weighted by atomic mass is 32.1. The maximum Gasteiger partial charge on any atom is 0.243 e. The molecule has 1 fully saturated rings. The zero-order valence-electron chi connectivity index (χ0n) is 13.1. The topological polar surface area (TPSA) is 53.6 Å². The lowest BCUT2D eigenvalue weighted by atomic mass is 10.2. The summed E-state index contributed by atoms with van der Waals surface area (Å²) in [6.07, 6.45) is 2.40. The zero-order chi connectivity index (χ0) is 15.9. The Bertz CT molecular complexity index is 513. The molecule has 2 rings (SSSR count). The number of ether oxygens (including phenoxy) is 1. The molecule has 0 spiro atoms. The molecule has 1 aliphatic heterocycles. The van der Waals surface area contributed by atoms with E-state index in [1.54, 1.807) is 11.9 Å². The van der Waals surface area contributed by atoms with Gasteiger partial charge in [-0.05, 0) is 44.1 Å². The Morgan fingerprint density at radius 3 is 2.77 bits per heavy atom. The summed E-state index contributed by atoms with van der Waals surface area (Å²) in [6, 6.07) is 7.71. The van der Waals surface area contributed by atoms with E-state index in [0.717, 1.165) is 30.7 Å². The van der Waals surface area contributed by atoms with E-state index in [9.17, 15) is 4.79 Å². The molecule has 1 heterocycles. The molecule has 1 amide bonds. The Hall–Kier alpha value is -1.66. The summed E-state index contributed by atoms with van der Waals surface area (Å²) in [6.45, 7) is 3.75. The standard InChI is InChI=1S/C16H23N3O2S/c1-12-5-7-13(8-6-12)18-15(20)11-19(2)16(22)17-10-14-4-3-9-21-14/h5-8,14H,3-4,9-11H2,1-2H3,(H,17,22)(H,18,20). The number of aryl methyl sites for hydroxylation is 1. The van der Waals surface area contributed by atoms with Crippen LogP contribution in [0.25, 0.3) is 0 Å². The Balaban J connectivity index is 1.72. The minimum Gasteiger partial charge on any atom is -0.376 e. The minimum absolute atomic E-state index is 0.0902. The van der Waals surface area contributed by atoms with E-state index in [2.05, 4.69) is 10.6 Å². The quantitative estimate of drug-likeness (QED) is 0.812. The number of benzene rings is 1. The molecule has 0 radical (unpaired) electrons. The summed E-state index contributed by atoms with van der Waals surface area (Å²) in [5.41, 5.74) is 1.96. The highest BCUT2D eigenvalue weighted by molar-refractivity contribution is 7.80. The van der Waals surface area contributed by atoms with Crippen LogP contribution in [0.1, 0.15) is 18.4 Å². The number of hydrogen-bond donors (Lipinski definition) is 2. The first kappa shape index (κ1) is 16.7. The summed E-state index contributed by atoms with van der Waals surface area (Å²) < 4.78 is 5.53. The Labute approximate surface area is 137 Å². The van der Waals surface area contributed by atoms with Crippen molar-refractivity contribution in [2.24, 2.45) is 0 Å². The van der Waals surface area contributed by atoms with E-state index < -0.39 is 0 Å². The van der Waals surface area contributed by atoms with Crippen molar-refractivity contribution in [3.05, 3.63) is 29.8 Å². The van der Waals surface area contributed by atoms with Crippen LogP contribution in [0.4, 0.5) is 5.69 Å². The number of thiocarbonyl (C=S) groups is 1. The van der Waals surface area contributed by atoms with Crippen LogP contribution in [0, 0.1) is 6.92 Å². The van der Waals surface area contributed by atoms with Crippen LogP contribution < -0.4 is 10.6 Å². The second kappa shape index (κ2) is 8.10. The number of anilines is 1. The summed E-state index contributed by atoms with van der Waals surface area (Å²) >= 11 is 5.29. The van der Waals surface area contributed by atoms with Crippen molar-refractivity contribution in [1.82, 2.24) is 10.2 Å². The number of likely N-dealkylation sites (N-methyl/N-ethyl adjacent to an activating group) is 1. The Kier molecular flexibility index (Phi) is 6.15. The van der Waals surface area contributed by atoms with Crippen molar-refractivity contribution in [3.8, 4) is 0 Å². The third-order valence-corrected chi connectivity index (χ3v) is 4.02. The first-order valence-electron chi connectivity index (χ1n) is 7.51. The summed E-state index contributed by atoms with van der Waals surface area (Å²) in [4.78, 5) is 13.7. The maximum atomic E-state index is 12.0. The molecular formula is C16H23N3O2S. The van der Waals surface area contributed by atoms with Crippen molar-refractivity contribution >= 4 is 28.9 Å². The van der Waals surface area contributed by atoms with Gasteiger partial charge in [0, 0.05) is 25.9 Å². The SMILES string of the molecule is Cc1ccc(NC(=O)CN(C)C(=S)NCC2CCCO2)cc1. The van der Waals surface area contributed by atoms with Gasteiger partial charge in [0.05, 0.1) is 12.6 Å². The van der Waals surface area contributed by atoms with Gasteiger partial charge in [-0.3, -0.25) is 4.79 Å². The Morgan fingerprint density at radius 2 is 2.14 bits per heavy atom. The van der Waals surface area contributed by atoms with Gasteiger partial charge < -0.3 is 20.3 Å². The molecule has 5 nitrogen and oxygen atoms in total. The van der Waals surface area contributed by atoms with Crippen molar-refractivity contribution in [1.29, 1.82) is 0 Å². The first-order valence-corrected chi connectivity index (χ1v) is 7.92. The molecule has 0 aromatic heterocycles. The number of rotatable bonds is 5. The number of carbonyl (C=O) groups excluding carboxylic acids is 1. The fourth-order valence-corrected chi connectivity index (χ4v) is 2.41. The van der Waals surface area contributed by atoms with E-state index >= 15 is 0 Å². The molecule has 1 aromatic carbocycles. The van der Waals surface area contributed by atoms with Crippen LogP contribution in [0.3, 0.4) is 0 Å². The van der Waals surface area contributed by atoms with E-state index in [0.29, 0.717) is 11.7 Å². The molecule has 1 saturated heterocycles. The predicted molar refractivity (Wildman–Crippen MR) is 92.0 cm³/mol. The van der Waals surface area contributed by atoms with Gasteiger partial charge in [-0.15, -0.1) is 0 Å². The highest BCUT2D eigenvalue weighted by Crippen LogP contribution is 2.11. The van der Waals surface area contributed by atoms with E-state index in [1.165, 1.54) is 0 Å². The van der Waals surface area contributed by atoms with Crippen LogP contribution in [-0.2, 0) is 9.53 Å². The van der Waals surface area contributed by atoms with Gasteiger partial charge >= 0.3 is 0 Å². The van der Waals surface area contributed by atoms with Gasteiger partial charge in [-0.25, -0.2) is 0 Å². The largest absolute Gasteiger partial charge is 0.376 e. The number of amides is 1. The first-order chi connectivity index (χ1) is 10.5. The fraction of sp³-hybridized carbons (Fsp3) is 0.500. The summed E-state index contributed by atoms with van der Waals surface area (Å²) in [5.74, 6) is -0.0902. The predicted octanol–water partition coefficient (Wildman–Crippen LogP) is 1.92. The third kappa shape index (κ3) is 5.27. The normalized spacial score (nSPS) is 17.1. The molecule has 0 bridgehead atoms. The second-order valence-electron chi connectivity index (χ2n) is 5.59. The molecule has 6 heteroatoms. The molecule has 1 aromatic rings. The summed E-state index contributed by atoms with van der Waals surface area (Å²) in [5, 5.41) is 6.58. The minimum atomic E-state index is -0.0902. The molecule has 1 atom stereocenters. The van der Waals surface area contributed by atoms with E-state index in [1.807, 2.05) is 31.2 Å². The molecule has 22 heavy (non-hydrogen) atoms. The maximum absolute atomic E-state index is 12.0. The van der Waals surface area contributed by atoms with Crippen LogP contribution in [0.5, 0.6) is 0 Å². The third-order valence-electron chi connectivity index (χ3n) is 3.57. The number of nitrogens with one attached hydrogen (secondary N) is 2. The highest BCUT2D eigenvalue weighted by Gasteiger charge is 2.16. The van der Waals surface area contributed by atoms with Crippen LogP contribution in [-0.4, -0.2) is 48.8 Å².